The van der Waals surface area contributed by atoms with E-state index in [9.17, 15) is 0 Å². The molecule has 4 rings (SSSR count). The van der Waals surface area contributed by atoms with Crippen LogP contribution in [0.25, 0.3) is 11.0 Å². The molecular weight excluding hydrogens is 328 g/mol. The van der Waals surface area contributed by atoms with Gasteiger partial charge in [0.1, 0.15) is 18.5 Å². The maximum absolute atomic E-state index is 6.07. The minimum absolute atomic E-state index is 0.115. The van der Waals surface area contributed by atoms with Crippen molar-refractivity contribution >= 4 is 22.6 Å². The molecule has 1 saturated heterocycles. The highest BCUT2D eigenvalue weighted by Crippen LogP contribution is 2.21. The number of imidazole rings is 1. The lowest BCUT2D eigenvalue weighted by Crippen LogP contribution is -2.44. The zero-order chi connectivity index (χ0) is 16.5. The van der Waals surface area contributed by atoms with Crippen molar-refractivity contribution in [3.63, 3.8) is 0 Å². The maximum Gasteiger partial charge on any atom is 0.137 e. The van der Waals surface area contributed by atoms with Gasteiger partial charge in [-0.1, -0.05) is 11.6 Å². The van der Waals surface area contributed by atoms with Gasteiger partial charge in [-0.25, -0.2) is 9.97 Å². The summed E-state index contributed by atoms with van der Waals surface area (Å²) >= 11 is 6.07. The summed E-state index contributed by atoms with van der Waals surface area (Å²) in [5.41, 5.74) is 2.04. The third-order valence-corrected chi connectivity index (χ3v) is 4.62. The normalized spacial score (nSPS) is 19.2. The number of aryl methyl sites for hydroxylation is 1. The molecule has 1 aromatic carbocycles. The van der Waals surface area contributed by atoms with Crippen molar-refractivity contribution in [1.29, 1.82) is 0 Å². The first-order valence-electron chi connectivity index (χ1n) is 7.96. The second-order valence-corrected chi connectivity index (χ2v) is 6.50. The van der Waals surface area contributed by atoms with E-state index >= 15 is 0 Å². The van der Waals surface area contributed by atoms with Crippen molar-refractivity contribution in [2.45, 2.75) is 19.2 Å². The molecule has 0 radical (unpaired) electrons. The molecule has 0 amide bonds. The van der Waals surface area contributed by atoms with Crippen molar-refractivity contribution in [2.24, 2.45) is 7.05 Å². The second kappa shape index (κ2) is 6.51. The first kappa shape index (κ1) is 15.6. The summed E-state index contributed by atoms with van der Waals surface area (Å²) < 4.78 is 9.79. The van der Waals surface area contributed by atoms with E-state index in [0.717, 1.165) is 43.1 Å². The molecule has 7 nitrogen and oxygen atoms in total. The summed E-state index contributed by atoms with van der Waals surface area (Å²) in [6.45, 7) is 3.98. The Labute approximate surface area is 144 Å². The Morgan fingerprint density at radius 3 is 3.12 bits per heavy atom. The van der Waals surface area contributed by atoms with Gasteiger partial charge < -0.3 is 9.30 Å². The quantitative estimate of drug-likeness (QED) is 0.720. The van der Waals surface area contributed by atoms with Crippen LogP contribution in [-0.4, -0.2) is 55.0 Å². The zero-order valence-corrected chi connectivity index (χ0v) is 14.2. The summed E-state index contributed by atoms with van der Waals surface area (Å²) in [7, 11) is 2.05. The van der Waals surface area contributed by atoms with Crippen LogP contribution in [0, 0.1) is 0 Å². The van der Waals surface area contributed by atoms with Crippen molar-refractivity contribution in [3.05, 3.63) is 41.7 Å². The average Bonchev–Trinajstić information content (AvgIpc) is 3.17. The minimum atomic E-state index is 0.115. The van der Waals surface area contributed by atoms with Crippen LogP contribution < -0.4 is 0 Å². The zero-order valence-electron chi connectivity index (χ0n) is 13.5. The molecule has 1 fully saturated rings. The molecule has 0 bridgehead atoms. The van der Waals surface area contributed by atoms with Gasteiger partial charge in [0.15, 0.2) is 0 Å². The first-order valence-corrected chi connectivity index (χ1v) is 8.34. The van der Waals surface area contributed by atoms with Gasteiger partial charge in [0.05, 0.1) is 36.8 Å². The van der Waals surface area contributed by atoms with E-state index in [2.05, 4.69) is 19.5 Å². The molecule has 1 aliphatic rings. The molecule has 24 heavy (non-hydrogen) atoms. The number of ether oxygens (including phenoxy) is 1. The number of hydrogen-bond acceptors (Lipinski definition) is 5. The topological polar surface area (TPSA) is 61.0 Å². The predicted molar refractivity (Wildman–Crippen MR) is 90.8 cm³/mol. The second-order valence-electron chi connectivity index (χ2n) is 6.07. The number of aromatic nitrogens is 5. The molecule has 126 valence electrons. The van der Waals surface area contributed by atoms with Gasteiger partial charge in [-0.15, -0.1) is 0 Å². The maximum atomic E-state index is 6.07. The van der Waals surface area contributed by atoms with Crippen molar-refractivity contribution in [1.82, 2.24) is 29.2 Å². The van der Waals surface area contributed by atoms with Crippen molar-refractivity contribution < 1.29 is 4.74 Å². The highest BCUT2D eigenvalue weighted by molar-refractivity contribution is 6.31. The van der Waals surface area contributed by atoms with Gasteiger partial charge in [0.2, 0.25) is 0 Å². The summed E-state index contributed by atoms with van der Waals surface area (Å²) in [5, 5.41) is 4.86. The van der Waals surface area contributed by atoms with Crippen LogP contribution in [-0.2, 0) is 24.9 Å². The molecule has 0 spiro atoms. The minimum Gasteiger partial charge on any atom is -0.374 e. The lowest BCUT2D eigenvalue weighted by molar-refractivity contribution is -0.0411. The summed E-state index contributed by atoms with van der Waals surface area (Å²) in [6.07, 6.45) is 3.38. The number of morpholine rings is 1. The van der Waals surface area contributed by atoms with E-state index in [-0.39, 0.29) is 6.10 Å². The fourth-order valence-electron chi connectivity index (χ4n) is 3.13. The first-order chi connectivity index (χ1) is 11.7. The molecule has 0 aliphatic carbocycles. The average molecular weight is 347 g/mol. The van der Waals surface area contributed by atoms with Crippen LogP contribution in [0.1, 0.15) is 5.82 Å². The van der Waals surface area contributed by atoms with Crippen LogP contribution in [0.5, 0.6) is 0 Å². The smallest absolute Gasteiger partial charge is 0.137 e. The monoisotopic (exact) mass is 346 g/mol. The van der Waals surface area contributed by atoms with Crippen molar-refractivity contribution in [3.8, 4) is 0 Å². The van der Waals surface area contributed by atoms with Crippen LogP contribution in [0.3, 0.4) is 0 Å². The number of nitrogens with zero attached hydrogens (tertiary/aromatic N) is 6. The van der Waals surface area contributed by atoms with Gasteiger partial charge in [0, 0.05) is 25.2 Å². The van der Waals surface area contributed by atoms with E-state index in [4.69, 9.17) is 21.3 Å². The van der Waals surface area contributed by atoms with E-state index in [0.29, 0.717) is 11.6 Å². The molecule has 0 saturated carbocycles. The lowest BCUT2D eigenvalue weighted by Gasteiger charge is -2.32. The SMILES string of the molecule is Cn1c(CN2CCO[C@H](Cn3cncn3)C2)nc2cc(Cl)ccc21. The summed E-state index contributed by atoms with van der Waals surface area (Å²) in [4.78, 5) is 11.1. The van der Waals surface area contributed by atoms with Crippen LogP contribution >= 0.6 is 11.6 Å². The van der Waals surface area contributed by atoms with Gasteiger partial charge in [0.25, 0.3) is 0 Å². The molecule has 2 aromatic heterocycles. The highest BCUT2D eigenvalue weighted by Gasteiger charge is 2.22. The van der Waals surface area contributed by atoms with Gasteiger partial charge in [-0.3, -0.25) is 9.58 Å². The lowest BCUT2D eigenvalue weighted by atomic mass is 10.2. The van der Waals surface area contributed by atoms with Crippen LogP contribution in [0.15, 0.2) is 30.9 Å². The Morgan fingerprint density at radius 2 is 2.29 bits per heavy atom. The molecule has 3 heterocycles. The molecule has 1 atom stereocenters. The molecular formula is C16H19ClN6O. The summed E-state index contributed by atoms with van der Waals surface area (Å²) in [5.74, 6) is 1.04. The fourth-order valence-corrected chi connectivity index (χ4v) is 3.30. The van der Waals surface area contributed by atoms with E-state index < -0.39 is 0 Å². The Kier molecular flexibility index (Phi) is 4.22. The molecule has 1 aliphatic heterocycles. The third-order valence-electron chi connectivity index (χ3n) is 4.38. The van der Waals surface area contributed by atoms with Crippen LogP contribution in [0.2, 0.25) is 5.02 Å². The third kappa shape index (κ3) is 3.15. The van der Waals surface area contributed by atoms with Gasteiger partial charge in [-0.05, 0) is 18.2 Å². The molecule has 0 N–H and O–H groups in total. The molecule has 0 unspecified atom stereocenters. The number of fused-ring (bicyclic) bond motifs is 1. The molecule has 8 heteroatoms. The van der Waals surface area contributed by atoms with E-state index in [1.165, 1.54) is 0 Å². The number of benzene rings is 1. The number of hydrogen-bond donors (Lipinski definition) is 0. The van der Waals surface area contributed by atoms with Gasteiger partial charge in [-0.2, -0.15) is 5.10 Å². The number of rotatable bonds is 4. The van der Waals surface area contributed by atoms with E-state index in [1.54, 1.807) is 12.7 Å². The predicted octanol–water partition coefficient (Wildman–Crippen LogP) is 1.72. The Balaban J connectivity index is 1.47. The Bertz CT molecular complexity index is 831. The van der Waals surface area contributed by atoms with Gasteiger partial charge >= 0.3 is 0 Å². The Morgan fingerprint density at radius 1 is 1.38 bits per heavy atom. The highest BCUT2D eigenvalue weighted by atomic mass is 35.5. The summed E-state index contributed by atoms with van der Waals surface area (Å²) in [6, 6.07) is 5.83. The van der Waals surface area contributed by atoms with Crippen molar-refractivity contribution in [2.75, 3.05) is 19.7 Å². The fraction of sp³-hybridized carbons (Fsp3) is 0.438. The van der Waals surface area contributed by atoms with E-state index in [1.807, 2.05) is 29.9 Å². The standard InChI is InChI=1S/C16H19ClN6O/c1-21-15-3-2-12(17)6-14(15)20-16(21)9-22-4-5-24-13(7-22)8-23-11-18-10-19-23/h2-3,6,10-11,13H,4-5,7-9H2,1H3/t13-/m0/s1. The largest absolute Gasteiger partial charge is 0.374 e. The molecule has 3 aromatic rings. The number of halogens is 1. The van der Waals surface area contributed by atoms with Crippen LogP contribution in [0.4, 0.5) is 0 Å². The Hall–Kier alpha value is -1.96.